The summed E-state index contributed by atoms with van der Waals surface area (Å²) in [7, 11) is 0. The summed E-state index contributed by atoms with van der Waals surface area (Å²) in [5.74, 6) is 0.381. The van der Waals surface area contributed by atoms with Gasteiger partial charge in [0, 0.05) is 6.42 Å². The molecule has 1 heteroatoms. The molecule has 2 aliphatic rings. The Morgan fingerprint density at radius 1 is 0.857 bits per heavy atom. The highest BCUT2D eigenvalue weighted by Crippen LogP contribution is 2.37. The van der Waals surface area contributed by atoms with E-state index in [9.17, 15) is 4.79 Å². The molecule has 14 heavy (non-hydrogen) atoms. The Morgan fingerprint density at radius 3 is 2.29 bits per heavy atom. The van der Waals surface area contributed by atoms with Crippen molar-refractivity contribution in [1.29, 1.82) is 0 Å². The molecule has 0 aromatic heterocycles. The van der Waals surface area contributed by atoms with Crippen molar-refractivity contribution in [2.75, 3.05) is 0 Å². The van der Waals surface area contributed by atoms with E-state index in [-0.39, 0.29) is 0 Å². The highest BCUT2D eigenvalue weighted by atomic mass is 16.1. The number of hydrogen-bond donors (Lipinski definition) is 0. The molecule has 2 rings (SSSR count). The molecule has 1 saturated carbocycles. The van der Waals surface area contributed by atoms with Crippen molar-refractivity contribution in [1.82, 2.24) is 0 Å². The first-order valence-electron chi connectivity index (χ1n) is 5.62. The zero-order chi connectivity index (χ0) is 10.1. The molecule has 0 N–H and O–H groups in total. The number of fused-ring (bicyclic) bond motifs is 1. The molecule has 0 aromatic carbocycles. The molecule has 0 heterocycles. The van der Waals surface area contributed by atoms with Gasteiger partial charge in [0.15, 0.2) is 5.78 Å². The number of rotatable bonds is 0. The summed E-state index contributed by atoms with van der Waals surface area (Å²) in [6, 6.07) is 0. The molecule has 0 aromatic rings. The largest absolute Gasteiger partial charge is 0.295 e. The third-order valence-electron chi connectivity index (χ3n) is 3.56. The van der Waals surface area contributed by atoms with E-state index in [4.69, 9.17) is 0 Å². The highest BCUT2D eigenvalue weighted by Gasteiger charge is 2.22. The third-order valence-corrected chi connectivity index (χ3v) is 3.56. The van der Waals surface area contributed by atoms with Crippen LogP contribution >= 0.6 is 0 Å². The van der Waals surface area contributed by atoms with Crippen LogP contribution in [-0.2, 0) is 4.79 Å². The van der Waals surface area contributed by atoms with Crippen molar-refractivity contribution in [3.05, 3.63) is 22.3 Å². The standard InChI is InChI=1S/C13H18O/c1-9-5-3-8-13(14)10(2)12-7-4-6-11(9)12/h3-8H2,1-2H3/b11-9-,12-10-. The quantitative estimate of drug-likeness (QED) is 0.571. The molecule has 76 valence electrons. The van der Waals surface area contributed by atoms with Gasteiger partial charge in [0.1, 0.15) is 0 Å². The minimum absolute atomic E-state index is 0.381. The van der Waals surface area contributed by atoms with E-state index in [1.165, 1.54) is 29.6 Å². The Hall–Kier alpha value is -0.850. The number of Topliss-reactive ketones (excluding diaryl/α,β-unsaturated/α-hetero) is 1. The summed E-state index contributed by atoms with van der Waals surface area (Å²) in [6.45, 7) is 4.26. The lowest BCUT2D eigenvalue weighted by atomic mass is 9.90. The molecular weight excluding hydrogens is 172 g/mol. The topological polar surface area (TPSA) is 17.1 Å². The third kappa shape index (κ3) is 1.56. The normalized spacial score (nSPS) is 34.0. The van der Waals surface area contributed by atoms with Crippen molar-refractivity contribution in [3.8, 4) is 0 Å². The Balaban J connectivity index is 2.48. The smallest absolute Gasteiger partial charge is 0.158 e. The summed E-state index contributed by atoms with van der Waals surface area (Å²) in [5.41, 5.74) is 5.48. The van der Waals surface area contributed by atoms with Crippen LogP contribution in [-0.4, -0.2) is 5.78 Å². The minimum atomic E-state index is 0.381. The Morgan fingerprint density at radius 2 is 1.50 bits per heavy atom. The van der Waals surface area contributed by atoms with Crippen molar-refractivity contribution < 1.29 is 4.79 Å². The van der Waals surface area contributed by atoms with E-state index in [0.717, 1.165) is 31.3 Å². The van der Waals surface area contributed by atoms with Gasteiger partial charge in [-0.3, -0.25) is 4.79 Å². The molecule has 0 radical (unpaired) electrons. The van der Waals surface area contributed by atoms with Crippen LogP contribution in [0.2, 0.25) is 0 Å². The molecular formula is C13H18O. The van der Waals surface area contributed by atoms with Gasteiger partial charge in [-0.05, 0) is 62.7 Å². The van der Waals surface area contributed by atoms with Crippen LogP contribution in [0.1, 0.15) is 52.4 Å². The first-order chi connectivity index (χ1) is 6.70. The van der Waals surface area contributed by atoms with Gasteiger partial charge in [-0.25, -0.2) is 0 Å². The fourth-order valence-corrected chi connectivity index (χ4v) is 2.65. The maximum atomic E-state index is 11.7. The molecule has 0 amide bonds. The zero-order valence-electron chi connectivity index (χ0n) is 9.15. The van der Waals surface area contributed by atoms with Gasteiger partial charge >= 0.3 is 0 Å². The van der Waals surface area contributed by atoms with Crippen LogP contribution in [0.3, 0.4) is 0 Å². The average Bonchev–Trinajstić information content (AvgIpc) is 2.63. The fraction of sp³-hybridized carbons (Fsp3) is 0.615. The van der Waals surface area contributed by atoms with E-state index < -0.39 is 0 Å². The highest BCUT2D eigenvalue weighted by molar-refractivity contribution is 5.96. The summed E-state index contributed by atoms with van der Waals surface area (Å²) in [6.07, 6.45) is 6.49. The van der Waals surface area contributed by atoms with E-state index in [2.05, 4.69) is 6.92 Å². The summed E-state index contributed by atoms with van der Waals surface area (Å²) >= 11 is 0. The molecule has 0 unspecified atom stereocenters. The molecule has 0 bridgehead atoms. The second-order valence-corrected chi connectivity index (χ2v) is 4.49. The molecule has 1 nitrogen and oxygen atoms in total. The van der Waals surface area contributed by atoms with E-state index >= 15 is 0 Å². The summed E-state index contributed by atoms with van der Waals surface area (Å²) < 4.78 is 0. The van der Waals surface area contributed by atoms with Crippen LogP contribution in [0, 0.1) is 0 Å². The second-order valence-electron chi connectivity index (χ2n) is 4.49. The van der Waals surface area contributed by atoms with Gasteiger partial charge in [0.25, 0.3) is 0 Å². The van der Waals surface area contributed by atoms with Crippen LogP contribution in [0.4, 0.5) is 0 Å². The Labute approximate surface area is 85.9 Å². The SMILES string of the molecule is C/C1=C2\CCC\C2=C(/C)C(=O)CCC1. The maximum absolute atomic E-state index is 11.7. The predicted molar refractivity (Wildman–Crippen MR) is 58.1 cm³/mol. The van der Waals surface area contributed by atoms with Crippen LogP contribution in [0.15, 0.2) is 22.3 Å². The monoisotopic (exact) mass is 190 g/mol. The van der Waals surface area contributed by atoms with Crippen molar-refractivity contribution in [2.45, 2.75) is 52.4 Å². The van der Waals surface area contributed by atoms with Gasteiger partial charge in [0.05, 0.1) is 0 Å². The van der Waals surface area contributed by atoms with Crippen molar-refractivity contribution in [2.24, 2.45) is 0 Å². The average molecular weight is 190 g/mol. The lowest BCUT2D eigenvalue weighted by molar-refractivity contribution is -0.115. The second kappa shape index (κ2) is 3.72. The van der Waals surface area contributed by atoms with E-state index in [1.807, 2.05) is 6.92 Å². The van der Waals surface area contributed by atoms with Crippen molar-refractivity contribution in [3.63, 3.8) is 0 Å². The van der Waals surface area contributed by atoms with E-state index in [1.54, 1.807) is 0 Å². The van der Waals surface area contributed by atoms with Crippen LogP contribution in [0.25, 0.3) is 0 Å². The minimum Gasteiger partial charge on any atom is -0.295 e. The predicted octanol–water partition coefficient (Wildman–Crippen LogP) is 3.56. The molecule has 1 fully saturated rings. The molecule has 0 aliphatic heterocycles. The first-order valence-corrected chi connectivity index (χ1v) is 5.62. The molecule has 0 atom stereocenters. The number of carbonyl (C=O) groups excluding carboxylic acids is 1. The van der Waals surface area contributed by atoms with Gasteiger partial charge in [-0.15, -0.1) is 0 Å². The Bertz CT molecular complexity index is 331. The van der Waals surface area contributed by atoms with Gasteiger partial charge in [0.2, 0.25) is 0 Å². The number of ketones is 1. The number of allylic oxidation sites excluding steroid dienone is 4. The molecule has 2 aliphatic carbocycles. The number of hydrogen-bond acceptors (Lipinski definition) is 1. The maximum Gasteiger partial charge on any atom is 0.158 e. The van der Waals surface area contributed by atoms with Crippen LogP contribution < -0.4 is 0 Å². The molecule has 0 spiro atoms. The summed E-state index contributed by atoms with van der Waals surface area (Å²) in [4.78, 5) is 11.7. The van der Waals surface area contributed by atoms with Crippen molar-refractivity contribution >= 4 is 5.78 Å². The first kappa shape index (κ1) is 9.70. The van der Waals surface area contributed by atoms with Gasteiger partial charge < -0.3 is 0 Å². The number of carbonyl (C=O) groups is 1. The summed E-state index contributed by atoms with van der Waals surface area (Å²) in [5, 5.41) is 0. The zero-order valence-corrected chi connectivity index (χ0v) is 9.15. The van der Waals surface area contributed by atoms with Gasteiger partial charge in [-0.1, -0.05) is 5.57 Å². The van der Waals surface area contributed by atoms with Gasteiger partial charge in [-0.2, -0.15) is 0 Å². The van der Waals surface area contributed by atoms with Crippen LogP contribution in [0.5, 0.6) is 0 Å². The van der Waals surface area contributed by atoms with E-state index in [0.29, 0.717) is 5.78 Å². The lowest BCUT2D eigenvalue weighted by Gasteiger charge is -2.14. The fourth-order valence-electron chi connectivity index (χ4n) is 2.65. The lowest BCUT2D eigenvalue weighted by Crippen LogP contribution is -2.06. The Kier molecular flexibility index (Phi) is 2.58. The molecule has 0 saturated heterocycles.